The predicted molar refractivity (Wildman–Crippen MR) is 78.9 cm³/mol. The Morgan fingerprint density at radius 3 is 2.56 bits per heavy atom. The van der Waals surface area contributed by atoms with Gasteiger partial charge in [0.25, 0.3) is 0 Å². The molecule has 0 radical (unpaired) electrons. The molecule has 0 aliphatic rings. The van der Waals surface area contributed by atoms with Crippen molar-refractivity contribution in [1.29, 1.82) is 0 Å². The van der Waals surface area contributed by atoms with Gasteiger partial charge in [0, 0.05) is 24.5 Å². The Kier molecular flexibility index (Phi) is 3.76. The summed E-state index contributed by atoms with van der Waals surface area (Å²) in [7, 11) is 2.14. The van der Waals surface area contributed by atoms with Crippen molar-refractivity contribution in [2.24, 2.45) is 18.7 Å². The van der Waals surface area contributed by atoms with Gasteiger partial charge in [-0.3, -0.25) is 0 Å². The van der Waals surface area contributed by atoms with E-state index in [4.69, 9.17) is 5.73 Å². The van der Waals surface area contributed by atoms with E-state index in [-0.39, 0.29) is 0 Å². The van der Waals surface area contributed by atoms with Gasteiger partial charge in [-0.05, 0) is 30.0 Å². The molecule has 2 heteroatoms. The molecule has 1 aromatic heterocycles. The third-order valence-corrected chi connectivity index (χ3v) is 3.96. The quantitative estimate of drug-likeness (QED) is 0.877. The van der Waals surface area contributed by atoms with Crippen LogP contribution in [0.2, 0.25) is 0 Å². The molecule has 0 saturated heterocycles. The number of hydrogen-bond donors (Lipinski definition) is 1. The fraction of sp³-hybridized carbons (Fsp3) is 0.500. The van der Waals surface area contributed by atoms with Gasteiger partial charge < -0.3 is 10.3 Å². The first-order chi connectivity index (χ1) is 8.60. The summed E-state index contributed by atoms with van der Waals surface area (Å²) in [4.78, 5) is 0. The van der Waals surface area contributed by atoms with Crippen LogP contribution in [0.3, 0.4) is 0 Å². The Hall–Kier alpha value is -1.28. The summed E-state index contributed by atoms with van der Waals surface area (Å²) >= 11 is 0. The van der Waals surface area contributed by atoms with Crippen LogP contribution in [0.15, 0.2) is 24.4 Å². The van der Waals surface area contributed by atoms with Crippen molar-refractivity contribution in [3.8, 4) is 0 Å². The smallest absolute Gasteiger partial charge is 0.0513 e. The largest absolute Gasteiger partial charge is 0.350 e. The van der Waals surface area contributed by atoms with Crippen molar-refractivity contribution in [2.45, 2.75) is 33.1 Å². The summed E-state index contributed by atoms with van der Waals surface area (Å²) in [5.74, 6) is 1.02. The number of nitrogens with two attached hydrogens (primary N) is 1. The van der Waals surface area contributed by atoms with E-state index in [1.807, 2.05) is 0 Å². The molecule has 2 aromatic rings. The zero-order chi connectivity index (χ0) is 13.3. The minimum absolute atomic E-state index is 0.445. The summed E-state index contributed by atoms with van der Waals surface area (Å²) in [5, 5.41) is 1.38. The van der Waals surface area contributed by atoms with E-state index in [0.717, 1.165) is 6.42 Å². The van der Waals surface area contributed by atoms with Crippen molar-refractivity contribution in [2.75, 3.05) is 6.54 Å². The first-order valence-electron chi connectivity index (χ1n) is 6.87. The summed E-state index contributed by atoms with van der Waals surface area (Å²) in [6.07, 6.45) is 3.34. The molecule has 98 valence electrons. The molecule has 2 rings (SSSR count). The summed E-state index contributed by atoms with van der Waals surface area (Å²) < 4.78 is 2.26. The van der Waals surface area contributed by atoms with Gasteiger partial charge in [-0.2, -0.15) is 0 Å². The Balaban J connectivity index is 2.67. The number of rotatable bonds is 4. The summed E-state index contributed by atoms with van der Waals surface area (Å²) in [6, 6.07) is 6.62. The van der Waals surface area contributed by atoms with Crippen LogP contribution in [-0.2, 0) is 13.5 Å². The van der Waals surface area contributed by atoms with Gasteiger partial charge in [0.15, 0.2) is 0 Å². The number of aryl methyl sites for hydroxylation is 2. The molecule has 1 atom stereocenters. The van der Waals surface area contributed by atoms with E-state index in [9.17, 15) is 0 Å². The third-order valence-electron chi connectivity index (χ3n) is 3.96. The van der Waals surface area contributed by atoms with E-state index in [2.05, 4.69) is 56.8 Å². The van der Waals surface area contributed by atoms with Gasteiger partial charge in [-0.25, -0.2) is 0 Å². The van der Waals surface area contributed by atoms with Crippen molar-refractivity contribution < 1.29 is 0 Å². The van der Waals surface area contributed by atoms with E-state index < -0.39 is 0 Å². The SMILES string of the molecule is CCc1cccc2c(C(CN)C(C)C)cn(C)c12. The second kappa shape index (κ2) is 5.15. The molecule has 0 aliphatic heterocycles. The molecule has 0 aliphatic carbocycles. The lowest BCUT2D eigenvalue weighted by Gasteiger charge is -2.18. The highest BCUT2D eigenvalue weighted by Crippen LogP contribution is 2.32. The zero-order valence-electron chi connectivity index (χ0n) is 11.9. The van der Waals surface area contributed by atoms with Gasteiger partial charge in [-0.15, -0.1) is 0 Å². The molecule has 2 nitrogen and oxygen atoms in total. The Morgan fingerprint density at radius 1 is 1.28 bits per heavy atom. The maximum atomic E-state index is 5.97. The standard InChI is InChI=1S/C16H24N2/c1-5-12-7-6-8-13-15(10-18(4)16(12)13)14(9-17)11(2)3/h6-8,10-11,14H,5,9,17H2,1-4H3. The van der Waals surface area contributed by atoms with Gasteiger partial charge in [0.1, 0.15) is 0 Å². The van der Waals surface area contributed by atoms with Crippen molar-refractivity contribution >= 4 is 10.9 Å². The molecular weight excluding hydrogens is 220 g/mol. The van der Waals surface area contributed by atoms with Gasteiger partial charge in [0.05, 0.1) is 5.52 Å². The fourth-order valence-electron chi connectivity index (χ4n) is 2.92. The van der Waals surface area contributed by atoms with Crippen LogP contribution in [0.25, 0.3) is 10.9 Å². The molecular formula is C16H24N2. The van der Waals surface area contributed by atoms with Crippen molar-refractivity contribution in [3.05, 3.63) is 35.5 Å². The van der Waals surface area contributed by atoms with Crippen LogP contribution >= 0.6 is 0 Å². The molecule has 1 heterocycles. The van der Waals surface area contributed by atoms with E-state index in [1.165, 1.54) is 22.0 Å². The van der Waals surface area contributed by atoms with Crippen LogP contribution in [0.1, 0.15) is 37.8 Å². The Morgan fingerprint density at radius 2 is 2.00 bits per heavy atom. The average Bonchev–Trinajstić information content (AvgIpc) is 2.68. The molecule has 0 bridgehead atoms. The van der Waals surface area contributed by atoms with Gasteiger partial charge in [0.2, 0.25) is 0 Å². The van der Waals surface area contributed by atoms with Crippen LogP contribution in [0, 0.1) is 5.92 Å². The summed E-state index contributed by atoms with van der Waals surface area (Å²) in [6.45, 7) is 7.43. The van der Waals surface area contributed by atoms with E-state index in [0.29, 0.717) is 18.4 Å². The Bertz CT molecular complexity index is 537. The minimum atomic E-state index is 0.445. The molecule has 1 unspecified atom stereocenters. The van der Waals surface area contributed by atoms with Crippen LogP contribution in [0.5, 0.6) is 0 Å². The highest BCUT2D eigenvalue weighted by atomic mass is 14.9. The van der Waals surface area contributed by atoms with Crippen molar-refractivity contribution in [3.63, 3.8) is 0 Å². The number of para-hydroxylation sites is 1. The highest BCUT2D eigenvalue weighted by molar-refractivity contribution is 5.87. The molecule has 1 aromatic carbocycles. The maximum Gasteiger partial charge on any atom is 0.0513 e. The second-order valence-electron chi connectivity index (χ2n) is 5.45. The number of fused-ring (bicyclic) bond motifs is 1. The lowest BCUT2D eigenvalue weighted by molar-refractivity contribution is 0.508. The average molecular weight is 244 g/mol. The predicted octanol–water partition coefficient (Wildman–Crippen LogP) is 3.44. The lowest BCUT2D eigenvalue weighted by Crippen LogP contribution is -2.17. The molecule has 18 heavy (non-hydrogen) atoms. The van der Waals surface area contributed by atoms with Crippen LogP contribution < -0.4 is 5.73 Å². The maximum absolute atomic E-state index is 5.97. The van der Waals surface area contributed by atoms with Gasteiger partial charge >= 0.3 is 0 Å². The Labute approximate surface area is 110 Å². The molecule has 0 spiro atoms. The third kappa shape index (κ3) is 2.05. The first-order valence-corrected chi connectivity index (χ1v) is 6.87. The minimum Gasteiger partial charge on any atom is -0.350 e. The second-order valence-corrected chi connectivity index (χ2v) is 5.45. The van der Waals surface area contributed by atoms with Crippen LogP contribution in [0.4, 0.5) is 0 Å². The number of aromatic nitrogens is 1. The number of benzene rings is 1. The summed E-state index contributed by atoms with van der Waals surface area (Å²) in [5.41, 5.74) is 10.2. The molecule has 0 amide bonds. The monoisotopic (exact) mass is 244 g/mol. The lowest BCUT2D eigenvalue weighted by atomic mass is 9.88. The normalized spacial score (nSPS) is 13.4. The zero-order valence-corrected chi connectivity index (χ0v) is 11.9. The highest BCUT2D eigenvalue weighted by Gasteiger charge is 2.19. The van der Waals surface area contributed by atoms with Crippen LogP contribution in [-0.4, -0.2) is 11.1 Å². The molecule has 0 fully saturated rings. The molecule has 0 saturated carbocycles. The van der Waals surface area contributed by atoms with E-state index >= 15 is 0 Å². The van der Waals surface area contributed by atoms with Crippen molar-refractivity contribution in [1.82, 2.24) is 4.57 Å². The number of hydrogen-bond acceptors (Lipinski definition) is 1. The topological polar surface area (TPSA) is 30.9 Å². The molecule has 2 N–H and O–H groups in total. The number of nitrogens with zero attached hydrogens (tertiary/aromatic N) is 1. The fourth-order valence-corrected chi connectivity index (χ4v) is 2.92. The van der Waals surface area contributed by atoms with E-state index in [1.54, 1.807) is 0 Å². The van der Waals surface area contributed by atoms with Gasteiger partial charge in [-0.1, -0.05) is 39.0 Å². The first kappa shape index (κ1) is 13.2.